The summed E-state index contributed by atoms with van der Waals surface area (Å²) < 4.78 is 5.46. The molecule has 9 aromatic rings. The van der Waals surface area contributed by atoms with Crippen molar-refractivity contribution in [2.24, 2.45) is 17.8 Å². The summed E-state index contributed by atoms with van der Waals surface area (Å²) in [5.74, 6) is -6.57. The van der Waals surface area contributed by atoms with Gasteiger partial charge in [0, 0.05) is 52.0 Å². The van der Waals surface area contributed by atoms with Crippen LogP contribution >= 0.6 is 68.0 Å². The number of aliphatic carboxylic acids is 1. The van der Waals surface area contributed by atoms with Crippen molar-refractivity contribution in [3.8, 4) is 43.4 Å². The highest BCUT2D eigenvalue weighted by Gasteiger charge is 2.36. The van der Waals surface area contributed by atoms with E-state index in [1.54, 1.807) is 70.9 Å². The van der Waals surface area contributed by atoms with Crippen molar-refractivity contribution in [3.05, 3.63) is 141 Å². The molecule has 0 spiro atoms. The second-order valence-electron chi connectivity index (χ2n) is 22.1. The number of aliphatic hydroxyl groups excluding tert-OH is 1. The highest BCUT2D eigenvalue weighted by molar-refractivity contribution is 7.15. The first-order chi connectivity index (χ1) is 44.7. The fourth-order valence-electron chi connectivity index (χ4n) is 10.6. The zero-order valence-corrected chi connectivity index (χ0v) is 55.1. The zero-order valence-electron chi connectivity index (χ0n) is 50.2. The molecule has 10 bridgehead atoms. The maximum atomic E-state index is 14.6. The van der Waals surface area contributed by atoms with Crippen LogP contribution in [0.3, 0.4) is 0 Å². The van der Waals surface area contributed by atoms with Gasteiger partial charge in [0.25, 0.3) is 17.7 Å². The Balaban J connectivity index is 0.995. The number of thiazole rings is 6. The number of carbonyl (C=O) groups is 8. The Bertz CT molecular complexity index is 4300. The van der Waals surface area contributed by atoms with Gasteiger partial charge in [-0.2, -0.15) is 0 Å². The van der Waals surface area contributed by atoms with Crippen LogP contribution in [0, 0.1) is 24.7 Å². The molecule has 11 rings (SSSR count). The van der Waals surface area contributed by atoms with Crippen LogP contribution in [0.4, 0.5) is 11.5 Å². The van der Waals surface area contributed by atoms with E-state index in [0.717, 1.165) is 45.3 Å². The summed E-state index contributed by atoms with van der Waals surface area (Å²) >= 11 is 7.01. The van der Waals surface area contributed by atoms with E-state index in [0.29, 0.717) is 100 Å². The number of carbonyl (C=O) groups excluding carboxylic acids is 6. The minimum atomic E-state index is -1.31. The number of nitrogens with zero attached hydrogens (tertiary/aromatic N) is 8. The summed E-state index contributed by atoms with van der Waals surface area (Å²) in [6, 6.07) is 15.1. The highest BCUT2D eigenvalue weighted by Crippen LogP contribution is 2.42. The number of aromatic carboxylic acids is 1. The Hall–Kier alpha value is -8.95. The number of nitrogens with one attached hydrogen (secondary N) is 5. The average Bonchev–Trinajstić information content (AvgIpc) is 1.88. The van der Waals surface area contributed by atoms with Gasteiger partial charge in [0.2, 0.25) is 17.7 Å². The minimum absolute atomic E-state index is 0.00606. The number of amides is 6. The van der Waals surface area contributed by atoms with Crippen LogP contribution in [0.25, 0.3) is 43.4 Å². The predicted octanol–water partition coefficient (Wildman–Crippen LogP) is 9.57. The van der Waals surface area contributed by atoms with Gasteiger partial charge in [-0.25, -0.2) is 39.7 Å². The second-order valence-corrected chi connectivity index (χ2v) is 27.9. The summed E-state index contributed by atoms with van der Waals surface area (Å²) in [5.41, 5.74) is 2.69. The lowest BCUT2D eigenvalue weighted by atomic mass is 9.81. The Labute approximate surface area is 554 Å². The summed E-state index contributed by atoms with van der Waals surface area (Å²) in [6.07, 6.45) is -0.300. The van der Waals surface area contributed by atoms with E-state index < -0.39 is 84.1 Å². The predicted molar refractivity (Wildman–Crippen MR) is 351 cm³/mol. The molecule has 1 aliphatic heterocycles. The molecule has 4 atom stereocenters. The summed E-state index contributed by atoms with van der Waals surface area (Å²) in [4.78, 5) is 145. The average molecular weight is 1370 g/mol. The maximum Gasteiger partial charge on any atom is 0.335 e. The first-order valence-corrected chi connectivity index (χ1v) is 34.2. The van der Waals surface area contributed by atoms with Gasteiger partial charge in [-0.15, -0.1) is 68.0 Å². The molecule has 93 heavy (non-hydrogen) atoms. The lowest BCUT2D eigenvalue weighted by Gasteiger charge is -2.30. The first kappa shape index (κ1) is 65.5. The molecule has 6 amide bonds. The number of aromatic nitrogens is 7. The molecule has 0 radical (unpaired) electrons. The van der Waals surface area contributed by atoms with Crippen molar-refractivity contribution in [2.75, 3.05) is 25.6 Å². The third-order valence-corrected chi connectivity index (χ3v) is 21.2. The maximum absolute atomic E-state index is 14.6. The molecule has 31 heteroatoms. The largest absolute Gasteiger partial charge is 0.481 e. The van der Waals surface area contributed by atoms with Gasteiger partial charge in [-0.3, -0.25) is 38.5 Å². The van der Waals surface area contributed by atoms with Crippen molar-refractivity contribution >= 4 is 127 Å². The van der Waals surface area contributed by atoms with Crippen molar-refractivity contribution in [1.82, 2.24) is 61.5 Å². The van der Waals surface area contributed by atoms with Crippen LogP contribution in [0.5, 0.6) is 0 Å². The Kier molecular flexibility index (Phi) is 20.1. The number of rotatable bonds is 13. The van der Waals surface area contributed by atoms with Crippen LogP contribution < -0.4 is 31.5 Å². The van der Waals surface area contributed by atoms with Gasteiger partial charge in [0.15, 0.2) is 5.82 Å². The molecule has 1 unspecified atom stereocenters. The van der Waals surface area contributed by atoms with E-state index in [2.05, 4.69) is 26.6 Å². The standard InChI is InChI=1S/C62H59N13O12S6/c1-28(2)45-59-74-48(41(93-59)23-87-5)52(80)64-22-44(77)71-49(50(78)30-9-7-6-8-10-30)58-69-40(26-90-58)56-67-38(24-89-56)47-35(54-68-39(25-88-54)51(79)66-37(21-43(76)63-4)57-73-46(29(3)92-57)53(81)72-45)19-20-36(65-47)55-70-42(27-91-55)75(34-17-15-33(16-18-34)62(85)86)60(82)31-11-13-32(14-12-31)61(83)84/h6-10,15-20,24-28,31-32,37,45,49-50,78H,11-14,21-23H2,1-5H3,(H,63,76)(H,64,80)(H,66,79)(H,71,77)(H,72,81)(H,83,84)(H,85,86)/t31?,32?,37-,45?,49-,50-/m0/s1. The second kappa shape index (κ2) is 28.5. The Morgan fingerprint density at radius 2 is 1.33 bits per heavy atom. The van der Waals surface area contributed by atoms with Crippen molar-refractivity contribution in [3.63, 3.8) is 0 Å². The summed E-state index contributed by atoms with van der Waals surface area (Å²) in [6.45, 7) is 4.89. The highest BCUT2D eigenvalue weighted by atomic mass is 32.1. The third kappa shape index (κ3) is 14.5. The number of carboxylic acids is 2. The number of pyridine rings is 1. The molecule has 2 aromatic carbocycles. The number of benzene rings is 2. The van der Waals surface area contributed by atoms with Gasteiger partial charge in [-0.1, -0.05) is 44.2 Å². The van der Waals surface area contributed by atoms with Gasteiger partial charge in [0.05, 0.1) is 59.4 Å². The molecule has 480 valence electrons. The SMILES string of the molecule is CNC(=O)C[C@@H]1NC(=O)c2csc(n2)-c2ccc(-c3nc(N(C(=O)C4CCC(C(=O)O)CC4)c4ccc(C(=O)O)cc4)cs3)nc2-c2csc(n2)-c2csc(n2)[C@H]([C@@H](O)c2ccccc2)NC(=O)CNC(=O)c2nc(sc2COC)C(C(C)C)NC(=O)c2nc1sc2C. The van der Waals surface area contributed by atoms with Crippen molar-refractivity contribution in [1.29, 1.82) is 0 Å². The topological polar surface area (TPSA) is 360 Å². The van der Waals surface area contributed by atoms with E-state index in [-0.39, 0.29) is 58.3 Å². The number of ether oxygens (including phenoxy) is 1. The Morgan fingerprint density at radius 3 is 2.04 bits per heavy atom. The number of fused-ring (bicyclic) bond motifs is 14. The van der Waals surface area contributed by atoms with Crippen LogP contribution in [0.2, 0.25) is 0 Å². The fourth-order valence-corrected chi connectivity index (χ4v) is 16.1. The normalized spacial score (nSPS) is 18.3. The quantitative estimate of drug-likeness (QED) is 0.0532. The minimum Gasteiger partial charge on any atom is -0.481 e. The van der Waals surface area contributed by atoms with Crippen LogP contribution in [-0.4, -0.2) is 118 Å². The summed E-state index contributed by atoms with van der Waals surface area (Å²) in [7, 11) is 2.92. The number of aliphatic hydroxyl groups is 1. The van der Waals surface area contributed by atoms with Gasteiger partial charge in [0.1, 0.15) is 76.4 Å². The van der Waals surface area contributed by atoms with Crippen LogP contribution in [-0.2, 0) is 30.5 Å². The molecule has 2 aliphatic rings. The molecular formula is C62H59N13O12S6. The van der Waals surface area contributed by atoms with Crippen molar-refractivity contribution in [2.45, 2.75) is 83.7 Å². The zero-order chi connectivity index (χ0) is 65.8. The fraction of sp³-hybridized carbons (Fsp3) is 0.306. The van der Waals surface area contributed by atoms with Crippen LogP contribution in [0.1, 0.15) is 142 Å². The molecular weight excluding hydrogens is 1310 g/mol. The number of anilines is 2. The van der Waals surface area contributed by atoms with E-state index in [4.69, 9.17) is 39.6 Å². The molecule has 7 aromatic heterocycles. The number of hydrogen-bond acceptors (Lipinski definition) is 23. The van der Waals surface area contributed by atoms with Crippen LogP contribution in [0.15, 0.2) is 88.3 Å². The van der Waals surface area contributed by atoms with Gasteiger partial charge < -0.3 is 46.6 Å². The molecule has 8 heterocycles. The first-order valence-electron chi connectivity index (χ1n) is 29.1. The lowest BCUT2D eigenvalue weighted by Crippen LogP contribution is -2.40. The molecule has 1 fully saturated rings. The van der Waals surface area contributed by atoms with Gasteiger partial charge >= 0.3 is 11.9 Å². The summed E-state index contributed by atoms with van der Waals surface area (Å²) in [5, 5.41) is 54.4. The number of methoxy groups -OCH3 is 1. The lowest BCUT2D eigenvalue weighted by molar-refractivity contribution is -0.144. The molecule has 8 N–H and O–H groups in total. The van der Waals surface area contributed by atoms with Crippen molar-refractivity contribution < 1.29 is 58.4 Å². The third-order valence-electron chi connectivity index (χ3n) is 15.5. The molecule has 25 nitrogen and oxygen atoms in total. The number of hydrogen-bond donors (Lipinski definition) is 8. The van der Waals surface area contributed by atoms with E-state index in [9.17, 15) is 53.7 Å². The van der Waals surface area contributed by atoms with E-state index >= 15 is 0 Å². The smallest absolute Gasteiger partial charge is 0.335 e. The molecule has 0 saturated heterocycles. The molecule has 1 aliphatic carbocycles. The Morgan fingerprint density at radius 1 is 0.656 bits per heavy atom. The van der Waals surface area contributed by atoms with E-state index in [1.807, 2.05) is 13.8 Å². The van der Waals surface area contributed by atoms with Gasteiger partial charge in [-0.05, 0) is 80.5 Å². The number of carboxylic acid groups (broad SMARTS) is 2. The monoisotopic (exact) mass is 1370 g/mol. The molecule has 1 saturated carbocycles. The number of aryl methyl sites for hydroxylation is 1. The van der Waals surface area contributed by atoms with E-state index in [1.165, 1.54) is 66.0 Å².